The summed E-state index contributed by atoms with van der Waals surface area (Å²) >= 11 is 3.61. The first-order valence-electron chi connectivity index (χ1n) is 6.04. The van der Waals surface area contributed by atoms with Crippen molar-refractivity contribution < 1.29 is 4.74 Å². The van der Waals surface area contributed by atoms with Crippen LogP contribution in [0.3, 0.4) is 0 Å². The number of ether oxygens (including phenoxy) is 1. The maximum atomic E-state index is 5.15. The maximum Gasteiger partial charge on any atom is 0.213 e. The number of methoxy groups -OCH3 is 1. The lowest BCUT2D eigenvalue weighted by Crippen LogP contribution is -2.33. The van der Waals surface area contributed by atoms with Gasteiger partial charge in [0.1, 0.15) is 0 Å². The minimum atomic E-state index is 0.628. The summed E-state index contributed by atoms with van der Waals surface area (Å²) in [4.78, 5) is 6.97. The zero-order valence-electron chi connectivity index (χ0n) is 10.4. The molecule has 1 fully saturated rings. The standard InChI is InChI=1S/C13H19BrN2O/c1-10-6-7-16(12(10)8-14)9-11-4-3-5-13(15-11)17-2/h3-5,10,12H,6-9H2,1-2H3. The molecule has 94 valence electrons. The molecule has 3 nitrogen and oxygen atoms in total. The van der Waals surface area contributed by atoms with Crippen molar-refractivity contribution in [2.75, 3.05) is 19.0 Å². The van der Waals surface area contributed by atoms with E-state index in [1.165, 1.54) is 6.42 Å². The minimum absolute atomic E-state index is 0.628. The average molecular weight is 299 g/mol. The van der Waals surface area contributed by atoms with Crippen LogP contribution in [0.25, 0.3) is 0 Å². The third-order valence-corrected chi connectivity index (χ3v) is 4.17. The van der Waals surface area contributed by atoms with Crippen molar-refractivity contribution in [3.63, 3.8) is 0 Å². The second-order valence-electron chi connectivity index (χ2n) is 4.63. The van der Waals surface area contributed by atoms with Crippen LogP contribution in [-0.4, -0.2) is 34.9 Å². The Balaban J connectivity index is 2.04. The maximum absolute atomic E-state index is 5.15. The van der Waals surface area contributed by atoms with E-state index in [-0.39, 0.29) is 0 Å². The van der Waals surface area contributed by atoms with Crippen molar-refractivity contribution in [1.29, 1.82) is 0 Å². The summed E-state index contributed by atoms with van der Waals surface area (Å²) in [5, 5.41) is 1.04. The molecule has 0 spiro atoms. The van der Waals surface area contributed by atoms with Crippen LogP contribution in [-0.2, 0) is 6.54 Å². The van der Waals surface area contributed by atoms with Crippen molar-refractivity contribution >= 4 is 15.9 Å². The van der Waals surface area contributed by atoms with Crippen LogP contribution in [0.1, 0.15) is 19.0 Å². The van der Waals surface area contributed by atoms with Gasteiger partial charge in [-0.1, -0.05) is 28.9 Å². The molecule has 1 aliphatic rings. The first kappa shape index (κ1) is 12.8. The minimum Gasteiger partial charge on any atom is -0.481 e. The first-order chi connectivity index (χ1) is 8.24. The largest absolute Gasteiger partial charge is 0.481 e. The Morgan fingerprint density at radius 1 is 1.53 bits per heavy atom. The van der Waals surface area contributed by atoms with Gasteiger partial charge < -0.3 is 4.74 Å². The Bertz CT molecular complexity index is 372. The highest BCUT2D eigenvalue weighted by atomic mass is 79.9. The molecule has 0 bridgehead atoms. The average Bonchev–Trinajstić information content (AvgIpc) is 2.70. The number of alkyl halides is 1. The van der Waals surface area contributed by atoms with Gasteiger partial charge in [0.15, 0.2) is 0 Å². The van der Waals surface area contributed by atoms with E-state index in [9.17, 15) is 0 Å². The van der Waals surface area contributed by atoms with Gasteiger partial charge in [-0.2, -0.15) is 0 Å². The van der Waals surface area contributed by atoms with Crippen molar-refractivity contribution in [1.82, 2.24) is 9.88 Å². The Morgan fingerprint density at radius 3 is 3.06 bits per heavy atom. The normalized spacial score (nSPS) is 25.1. The summed E-state index contributed by atoms with van der Waals surface area (Å²) in [5.74, 6) is 1.46. The van der Waals surface area contributed by atoms with Gasteiger partial charge in [0.2, 0.25) is 5.88 Å². The number of hydrogen-bond donors (Lipinski definition) is 0. The Kier molecular flexibility index (Phi) is 4.40. The molecule has 0 aromatic carbocycles. The van der Waals surface area contributed by atoms with Gasteiger partial charge in [0.05, 0.1) is 12.8 Å². The molecule has 17 heavy (non-hydrogen) atoms. The fourth-order valence-electron chi connectivity index (χ4n) is 2.40. The van der Waals surface area contributed by atoms with Crippen molar-refractivity contribution in [2.24, 2.45) is 5.92 Å². The lowest BCUT2D eigenvalue weighted by Gasteiger charge is -2.24. The fraction of sp³-hybridized carbons (Fsp3) is 0.615. The van der Waals surface area contributed by atoms with E-state index in [0.717, 1.165) is 30.0 Å². The smallest absolute Gasteiger partial charge is 0.213 e. The number of nitrogens with zero attached hydrogens (tertiary/aromatic N) is 2. The van der Waals surface area contributed by atoms with Gasteiger partial charge in [-0.15, -0.1) is 0 Å². The number of rotatable bonds is 4. The van der Waals surface area contributed by atoms with Gasteiger partial charge in [-0.25, -0.2) is 4.98 Å². The second kappa shape index (κ2) is 5.83. The molecule has 1 aliphatic heterocycles. The van der Waals surface area contributed by atoms with Crippen molar-refractivity contribution in [3.8, 4) is 5.88 Å². The molecule has 0 radical (unpaired) electrons. The number of hydrogen-bond acceptors (Lipinski definition) is 3. The summed E-state index contributed by atoms with van der Waals surface area (Å²) in [7, 11) is 1.66. The van der Waals surface area contributed by atoms with E-state index in [0.29, 0.717) is 11.9 Å². The molecular weight excluding hydrogens is 280 g/mol. The Hall–Kier alpha value is -0.610. The highest BCUT2D eigenvalue weighted by Gasteiger charge is 2.30. The van der Waals surface area contributed by atoms with E-state index < -0.39 is 0 Å². The summed E-state index contributed by atoms with van der Waals surface area (Å²) in [6.07, 6.45) is 1.28. The van der Waals surface area contributed by atoms with Gasteiger partial charge in [-0.05, 0) is 24.9 Å². The van der Waals surface area contributed by atoms with Crippen LogP contribution >= 0.6 is 15.9 Å². The molecule has 1 aromatic rings. The van der Waals surface area contributed by atoms with E-state index in [2.05, 4.69) is 38.8 Å². The van der Waals surface area contributed by atoms with Crippen molar-refractivity contribution in [3.05, 3.63) is 23.9 Å². The topological polar surface area (TPSA) is 25.4 Å². The predicted octanol–water partition coefficient (Wildman–Crippen LogP) is 2.70. The third kappa shape index (κ3) is 2.99. The first-order valence-corrected chi connectivity index (χ1v) is 7.16. The fourth-order valence-corrected chi connectivity index (χ4v) is 3.45. The van der Waals surface area contributed by atoms with Crippen LogP contribution in [0.5, 0.6) is 5.88 Å². The van der Waals surface area contributed by atoms with Gasteiger partial charge in [-0.3, -0.25) is 4.90 Å². The summed E-state index contributed by atoms with van der Waals surface area (Å²) in [6, 6.07) is 6.58. The van der Waals surface area contributed by atoms with E-state index in [4.69, 9.17) is 4.74 Å². The lowest BCUT2D eigenvalue weighted by atomic mass is 10.1. The van der Waals surface area contributed by atoms with Crippen LogP contribution in [0.15, 0.2) is 18.2 Å². The second-order valence-corrected chi connectivity index (χ2v) is 5.28. The highest BCUT2D eigenvalue weighted by Crippen LogP contribution is 2.26. The van der Waals surface area contributed by atoms with Crippen LogP contribution < -0.4 is 4.74 Å². The number of likely N-dealkylation sites (tertiary alicyclic amines) is 1. The molecule has 1 aromatic heterocycles. The summed E-state index contributed by atoms with van der Waals surface area (Å²) < 4.78 is 5.15. The molecule has 0 N–H and O–H groups in total. The van der Waals surface area contributed by atoms with Crippen LogP contribution in [0, 0.1) is 5.92 Å². The van der Waals surface area contributed by atoms with E-state index >= 15 is 0 Å². The lowest BCUT2D eigenvalue weighted by molar-refractivity contribution is 0.240. The predicted molar refractivity (Wildman–Crippen MR) is 72.6 cm³/mol. The molecule has 0 saturated carbocycles. The Labute approximate surface area is 111 Å². The third-order valence-electron chi connectivity index (χ3n) is 3.51. The van der Waals surface area contributed by atoms with E-state index in [1.807, 2.05) is 12.1 Å². The zero-order valence-corrected chi connectivity index (χ0v) is 12.0. The summed E-state index contributed by atoms with van der Waals surface area (Å²) in [5.41, 5.74) is 1.09. The van der Waals surface area contributed by atoms with Gasteiger partial charge in [0.25, 0.3) is 0 Å². The van der Waals surface area contributed by atoms with Crippen LogP contribution in [0.4, 0.5) is 0 Å². The molecule has 1 saturated heterocycles. The zero-order chi connectivity index (χ0) is 12.3. The van der Waals surface area contributed by atoms with Crippen LogP contribution in [0.2, 0.25) is 0 Å². The molecule has 4 heteroatoms. The molecule has 0 aliphatic carbocycles. The van der Waals surface area contributed by atoms with E-state index in [1.54, 1.807) is 7.11 Å². The molecule has 2 rings (SSSR count). The number of aromatic nitrogens is 1. The SMILES string of the molecule is COc1cccc(CN2CCC(C)C2CBr)n1. The highest BCUT2D eigenvalue weighted by molar-refractivity contribution is 9.09. The van der Waals surface area contributed by atoms with Crippen molar-refractivity contribution in [2.45, 2.75) is 25.9 Å². The number of pyridine rings is 1. The van der Waals surface area contributed by atoms with Gasteiger partial charge in [0, 0.05) is 24.0 Å². The molecule has 2 heterocycles. The quantitative estimate of drug-likeness (QED) is 0.799. The number of halogens is 1. The molecule has 2 unspecified atom stereocenters. The monoisotopic (exact) mass is 298 g/mol. The molecule has 2 atom stereocenters. The molecule has 0 amide bonds. The molecular formula is C13H19BrN2O. The summed E-state index contributed by atoms with van der Waals surface area (Å²) in [6.45, 7) is 4.40. The van der Waals surface area contributed by atoms with Gasteiger partial charge >= 0.3 is 0 Å². The Morgan fingerprint density at radius 2 is 2.35 bits per heavy atom.